The van der Waals surface area contributed by atoms with Gasteiger partial charge in [-0.3, -0.25) is 29.4 Å². The monoisotopic (exact) mass is 793 g/mol. The SMILES string of the molecule is COc1cc(N2CCN(C(=O)CN3CCC(c4ccc(NC5CCC(=O)NC5=O)cc4)[C@@H](C)C3)CC2)ccc1Nc1ncc(Cl)c(Nc2ccccc2C(C)=O)n1. The second-order valence-electron chi connectivity index (χ2n) is 14.9. The molecule has 0 spiro atoms. The summed E-state index contributed by atoms with van der Waals surface area (Å²) in [6, 6.07) is 20.9. The molecule has 3 fully saturated rings. The summed E-state index contributed by atoms with van der Waals surface area (Å²) >= 11 is 6.42. The fourth-order valence-corrected chi connectivity index (χ4v) is 8.02. The molecule has 2 unspecified atom stereocenters. The third-order valence-corrected chi connectivity index (χ3v) is 11.3. The molecule has 3 aliphatic rings. The molecular weight excluding hydrogens is 746 g/mol. The lowest BCUT2D eigenvalue weighted by atomic mass is 9.81. The van der Waals surface area contributed by atoms with Gasteiger partial charge in [0.15, 0.2) is 11.6 Å². The van der Waals surface area contributed by atoms with Gasteiger partial charge in [-0.05, 0) is 80.1 Å². The molecule has 0 radical (unpaired) electrons. The topological polar surface area (TPSA) is 161 Å². The van der Waals surface area contributed by atoms with E-state index in [0.717, 1.165) is 30.9 Å². The van der Waals surface area contributed by atoms with E-state index in [1.165, 1.54) is 18.7 Å². The molecule has 1 aromatic heterocycles. The molecule has 3 amide bonds. The zero-order chi connectivity index (χ0) is 40.1. The van der Waals surface area contributed by atoms with Gasteiger partial charge in [-0.15, -0.1) is 0 Å². The van der Waals surface area contributed by atoms with Crippen LogP contribution in [-0.4, -0.2) is 102 Å². The predicted octanol–water partition coefficient (Wildman–Crippen LogP) is 5.82. The molecule has 0 saturated carbocycles. The molecule has 4 heterocycles. The Labute approximate surface area is 337 Å². The summed E-state index contributed by atoms with van der Waals surface area (Å²) in [5.74, 6) is 1.61. The van der Waals surface area contributed by atoms with E-state index >= 15 is 0 Å². The molecule has 298 valence electrons. The molecule has 0 aliphatic carbocycles. The first-order valence-corrected chi connectivity index (χ1v) is 19.7. The second-order valence-corrected chi connectivity index (χ2v) is 15.3. The normalized spacial score (nSPS) is 20.1. The largest absolute Gasteiger partial charge is 0.494 e. The van der Waals surface area contributed by atoms with Gasteiger partial charge in [0.1, 0.15) is 16.8 Å². The van der Waals surface area contributed by atoms with E-state index < -0.39 is 6.04 Å². The maximum Gasteiger partial charge on any atom is 0.249 e. The third kappa shape index (κ3) is 9.46. The first-order valence-electron chi connectivity index (χ1n) is 19.3. The number of piperidine rings is 2. The van der Waals surface area contributed by atoms with Crippen molar-refractivity contribution in [2.45, 2.75) is 45.1 Å². The Kier molecular flexibility index (Phi) is 12.2. The Morgan fingerprint density at radius 1 is 0.947 bits per heavy atom. The minimum absolute atomic E-state index is 0.0776. The summed E-state index contributed by atoms with van der Waals surface area (Å²) in [4.78, 5) is 64.6. The Bertz CT molecular complexity index is 2130. The first kappa shape index (κ1) is 39.5. The average molecular weight is 794 g/mol. The van der Waals surface area contributed by atoms with E-state index in [-0.39, 0.29) is 23.5 Å². The van der Waals surface area contributed by atoms with Crippen LogP contribution in [0.25, 0.3) is 0 Å². The quantitative estimate of drug-likeness (QED) is 0.101. The van der Waals surface area contributed by atoms with Crippen LogP contribution in [0.3, 0.4) is 0 Å². The highest BCUT2D eigenvalue weighted by atomic mass is 35.5. The van der Waals surface area contributed by atoms with E-state index in [4.69, 9.17) is 16.3 Å². The number of nitrogens with one attached hydrogen (secondary N) is 4. The van der Waals surface area contributed by atoms with Crippen molar-refractivity contribution >= 4 is 69.6 Å². The third-order valence-electron chi connectivity index (χ3n) is 11.0. The van der Waals surface area contributed by atoms with Crippen LogP contribution in [0.1, 0.15) is 54.9 Å². The van der Waals surface area contributed by atoms with Crippen molar-refractivity contribution in [1.29, 1.82) is 0 Å². The van der Waals surface area contributed by atoms with E-state index in [9.17, 15) is 19.2 Å². The van der Waals surface area contributed by atoms with Gasteiger partial charge in [-0.2, -0.15) is 4.98 Å². The summed E-state index contributed by atoms with van der Waals surface area (Å²) in [6.45, 7) is 8.53. The van der Waals surface area contributed by atoms with Gasteiger partial charge >= 0.3 is 0 Å². The number of aromatic nitrogens is 2. The zero-order valence-electron chi connectivity index (χ0n) is 32.4. The number of benzene rings is 3. The standard InChI is InChI=1S/C42H48ClN9O5/c1-26-24-50(17-16-31(26)28-8-10-29(11-9-28)45-36-14-15-38(54)48-41(36)56)25-39(55)52-20-18-51(19-21-52)30-12-13-35(37(22-30)57-3)47-42-44-23-33(43)40(49-42)46-34-7-5-4-6-32(34)27(2)53/h4-13,22-23,26,31,36,45H,14-21,24-25H2,1-3H3,(H,48,54,56)(H2,44,46,47,49)/t26-,31?,36?/m0/s1. The van der Waals surface area contributed by atoms with Crippen LogP contribution < -0.4 is 30.9 Å². The minimum Gasteiger partial charge on any atom is -0.494 e. The van der Waals surface area contributed by atoms with Crippen molar-refractivity contribution in [3.8, 4) is 5.75 Å². The number of nitrogens with zero attached hydrogens (tertiary/aromatic N) is 5. The molecular formula is C42H48ClN9O5. The number of imide groups is 1. The van der Waals surface area contributed by atoms with Crippen molar-refractivity contribution in [1.82, 2.24) is 25.1 Å². The molecule has 15 heteroatoms. The average Bonchev–Trinajstić information content (AvgIpc) is 3.21. The number of para-hydroxylation sites is 1. The molecule has 3 aliphatic heterocycles. The lowest BCUT2D eigenvalue weighted by molar-refractivity contribution is -0.134. The van der Waals surface area contributed by atoms with Gasteiger partial charge in [0.05, 0.1) is 31.2 Å². The first-order chi connectivity index (χ1) is 27.5. The highest BCUT2D eigenvalue weighted by Crippen LogP contribution is 2.35. The van der Waals surface area contributed by atoms with Crippen LogP contribution >= 0.6 is 11.6 Å². The fraction of sp³-hybridized carbons (Fsp3) is 0.381. The summed E-state index contributed by atoms with van der Waals surface area (Å²) < 4.78 is 5.75. The molecule has 3 saturated heterocycles. The fourth-order valence-electron chi connectivity index (χ4n) is 7.88. The number of halogens is 1. The number of hydrogen-bond donors (Lipinski definition) is 4. The summed E-state index contributed by atoms with van der Waals surface area (Å²) in [7, 11) is 1.61. The van der Waals surface area contributed by atoms with Crippen molar-refractivity contribution in [2.75, 3.05) is 73.8 Å². The molecule has 14 nitrogen and oxygen atoms in total. The molecule has 3 aromatic carbocycles. The molecule has 0 bridgehead atoms. The van der Waals surface area contributed by atoms with Crippen LogP contribution in [0.4, 0.5) is 34.5 Å². The molecule has 4 N–H and O–H groups in total. The number of likely N-dealkylation sites (tertiary alicyclic amines) is 1. The zero-order valence-corrected chi connectivity index (χ0v) is 33.1. The maximum absolute atomic E-state index is 13.5. The maximum atomic E-state index is 13.5. The predicted molar refractivity (Wildman–Crippen MR) is 221 cm³/mol. The molecule has 4 aromatic rings. The Balaban J connectivity index is 0.889. The van der Waals surface area contributed by atoms with E-state index in [0.29, 0.717) is 96.9 Å². The number of carbonyl (C=O) groups is 4. The van der Waals surface area contributed by atoms with Crippen molar-refractivity contribution in [3.63, 3.8) is 0 Å². The van der Waals surface area contributed by atoms with Crippen LogP contribution in [-0.2, 0) is 14.4 Å². The van der Waals surface area contributed by atoms with Gasteiger partial charge in [0.2, 0.25) is 23.7 Å². The van der Waals surface area contributed by atoms with E-state index in [1.54, 1.807) is 25.3 Å². The van der Waals surface area contributed by atoms with Crippen LogP contribution in [0.5, 0.6) is 5.75 Å². The van der Waals surface area contributed by atoms with Crippen molar-refractivity contribution in [2.24, 2.45) is 5.92 Å². The smallest absolute Gasteiger partial charge is 0.249 e. The van der Waals surface area contributed by atoms with Crippen molar-refractivity contribution in [3.05, 3.63) is 89.1 Å². The molecule has 57 heavy (non-hydrogen) atoms. The van der Waals surface area contributed by atoms with Gasteiger partial charge in [0, 0.05) is 62.1 Å². The second kappa shape index (κ2) is 17.6. The number of rotatable bonds is 12. The molecule has 7 rings (SSSR count). The number of carbonyl (C=O) groups excluding carboxylic acids is 4. The lowest BCUT2D eigenvalue weighted by Crippen LogP contribution is -2.52. The van der Waals surface area contributed by atoms with Crippen molar-refractivity contribution < 1.29 is 23.9 Å². The Morgan fingerprint density at radius 3 is 2.44 bits per heavy atom. The lowest BCUT2D eigenvalue weighted by Gasteiger charge is -2.40. The van der Waals surface area contributed by atoms with Gasteiger partial charge < -0.3 is 30.5 Å². The summed E-state index contributed by atoms with van der Waals surface area (Å²) in [5, 5.41) is 12.3. The van der Waals surface area contributed by atoms with Crippen LogP contribution in [0, 0.1) is 5.92 Å². The summed E-state index contributed by atoms with van der Waals surface area (Å²) in [5.41, 5.74) is 4.90. The Hall–Kier alpha value is -5.73. The Morgan fingerprint density at radius 2 is 1.72 bits per heavy atom. The minimum atomic E-state index is -0.406. The van der Waals surface area contributed by atoms with Gasteiger partial charge in [-0.1, -0.05) is 42.8 Å². The number of Topliss-reactive ketones (excluding diaryl/α,β-unsaturated/α-hetero) is 1. The number of methoxy groups -OCH3 is 1. The highest BCUT2D eigenvalue weighted by molar-refractivity contribution is 6.33. The number of ether oxygens (including phenoxy) is 1. The van der Waals surface area contributed by atoms with E-state index in [1.807, 2.05) is 41.3 Å². The van der Waals surface area contributed by atoms with Gasteiger partial charge in [-0.25, -0.2) is 4.98 Å². The van der Waals surface area contributed by atoms with Crippen LogP contribution in [0.2, 0.25) is 5.02 Å². The van der Waals surface area contributed by atoms with E-state index in [2.05, 4.69) is 60.1 Å². The highest BCUT2D eigenvalue weighted by Gasteiger charge is 2.31. The number of ketones is 1. The number of piperazine rings is 1. The number of hydrogen-bond acceptors (Lipinski definition) is 12. The van der Waals surface area contributed by atoms with Crippen LogP contribution in [0.15, 0.2) is 72.9 Å². The van der Waals surface area contributed by atoms with Gasteiger partial charge in [0.25, 0.3) is 0 Å². The molecule has 3 atom stereocenters. The summed E-state index contributed by atoms with van der Waals surface area (Å²) in [6.07, 6.45) is 3.29. The number of amides is 3. The number of anilines is 6.